The minimum absolute atomic E-state index is 0.131. The highest BCUT2D eigenvalue weighted by Gasteiger charge is 2.49. The molecule has 0 spiro atoms. The molecule has 1 aliphatic rings. The molecule has 1 saturated heterocycles. The standard InChI is InChI=1S/C15H19BrCl2O3/c1-14(2,3)15(9-16)20-8-11(21-15)7-19-13-5-4-10(17)6-12(13)18/h4-6,11H,7-9H2,1-3H3. The van der Waals surface area contributed by atoms with Crippen molar-refractivity contribution in [2.45, 2.75) is 32.7 Å². The number of hydrogen-bond acceptors (Lipinski definition) is 3. The maximum absolute atomic E-state index is 6.08. The molecule has 1 aromatic carbocycles. The lowest BCUT2D eigenvalue weighted by atomic mass is 9.86. The van der Waals surface area contributed by atoms with Crippen molar-refractivity contribution in [1.82, 2.24) is 0 Å². The molecule has 118 valence electrons. The van der Waals surface area contributed by atoms with E-state index >= 15 is 0 Å². The zero-order chi connectivity index (χ0) is 15.7. The average Bonchev–Trinajstić information content (AvgIpc) is 2.82. The highest BCUT2D eigenvalue weighted by molar-refractivity contribution is 9.09. The molecule has 0 aromatic heterocycles. The Morgan fingerprint density at radius 2 is 2.10 bits per heavy atom. The lowest BCUT2D eigenvalue weighted by Gasteiger charge is -2.38. The molecule has 2 unspecified atom stereocenters. The first-order valence-corrected chi connectivity index (χ1v) is 8.61. The maximum atomic E-state index is 6.08. The molecule has 0 bridgehead atoms. The fraction of sp³-hybridized carbons (Fsp3) is 0.600. The van der Waals surface area contributed by atoms with Gasteiger partial charge in [0, 0.05) is 10.4 Å². The van der Waals surface area contributed by atoms with E-state index in [1.807, 2.05) is 0 Å². The average molecular weight is 398 g/mol. The molecule has 1 fully saturated rings. The Kier molecular flexibility index (Phi) is 5.48. The van der Waals surface area contributed by atoms with Gasteiger partial charge in [0.25, 0.3) is 0 Å². The summed E-state index contributed by atoms with van der Waals surface area (Å²) in [6.07, 6.45) is -0.131. The van der Waals surface area contributed by atoms with Gasteiger partial charge in [-0.3, -0.25) is 0 Å². The number of rotatable bonds is 4. The first-order chi connectivity index (χ1) is 9.77. The molecule has 1 aromatic rings. The molecule has 0 amide bonds. The van der Waals surface area contributed by atoms with Crippen LogP contribution >= 0.6 is 39.1 Å². The second kappa shape index (κ2) is 6.63. The molecule has 6 heteroatoms. The Morgan fingerprint density at radius 3 is 2.62 bits per heavy atom. The maximum Gasteiger partial charge on any atom is 0.183 e. The number of benzene rings is 1. The van der Waals surface area contributed by atoms with Gasteiger partial charge in [0.1, 0.15) is 18.5 Å². The van der Waals surface area contributed by atoms with Crippen LogP contribution in [0.4, 0.5) is 0 Å². The SMILES string of the molecule is CC(C)(C)C1(CBr)OCC(COc2ccc(Cl)cc2Cl)O1. The van der Waals surface area contributed by atoms with E-state index in [-0.39, 0.29) is 11.5 Å². The fourth-order valence-corrected chi connectivity index (χ4v) is 3.68. The number of hydrogen-bond donors (Lipinski definition) is 0. The summed E-state index contributed by atoms with van der Waals surface area (Å²) in [7, 11) is 0. The van der Waals surface area contributed by atoms with E-state index in [0.717, 1.165) is 0 Å². The zero-order valence-corrected chi connectivity index (χ0v) is 15.4. The summed E-state index contributed by atoms with van der Waals surface area (Å²) in [5, 5.41) is 1.68. The summed E-state index contributed by atoms with van der Waals surface area (Å²) in [6.45, 7) is 7.15. The highest BCUT2D eigenvalue weighted by atomic mass is 79.9. The van der Waals surface area contributed by atoms with Crippen molar-refractivity contribution in [2.75, 3.05) is 18.5 Å². The van der Waals surface area contributed by atoms with Gasteiger partial charge < -0.3 is 14.2 Å². The molecule has 2 atom stereocenters. The van der Waals surface area contributed by atoms with E-state index < -0.39 is 5.79 Å². The summed E-state index contributed by atoms with van der Waals surface area (Å²) >= 11 is 15.4. The van der Waals surface area contributed by atoms with Crippen LogP contribution in [0.5, 0.6) is 5.75 Å². The molecule has 1 heterocycles. The van der Waals surface area contributed by atoms with E-state index in [2.05, 4.69) is 36.7 Å². The molecular formula is C15H19BrCl2O3. The molecule has 21 heavy (non-hydrogen) atoms. The summed E-state index contributed by atoms with van der Waals surface area (Å²) in [5.41, 5.74) is -0.136. The predicted octanol–water partition coefficient (Wildman–Crippen LogP) is 4.92. The van der Waals surface area contributed by atoms with Crippen molar-refractivity contribution in [2.24, 2.45) is 5.41 Å². The Labute approximate surface area is 144 Å². The molecule has 2 rings (SSSR count). The Morgan fingerprint density at radius 1 is 1.38 bits per heavy atom. The van der Waals surface area contributed by atoms with Crippen molar-refractivity contribution in [3.8, 4) is 5.75 Å². The second-order valence-electron chi connectivity index (χ2n) is 6.07. The summed E-state index contributed by atoms with van der Waals surface area (Å²) < 4.78 is 17.7. The topological polar surface area (TPSA) is 27.7 Å². The van der Waals surface area contributed by atoms with Gasteiger partial charge in [-0.05, 0) is 18.2 Å². The van der Waals surface area contributed by atoms with Crippen LogP contribution < -0.4 is 4.74 Å². The first-order valence-electron chi connectivity index (χ1n) is 6.73. The molecular weight excluding hydrogens is 379 g/mol. The van der Waals surface area contributed by atoms with Gasteiger partial charge in [0.2, 0.25) is 0 Å². The minimum atomic E-state index is -0.634. The Balaban J connectivity index is 1.97. The number of ether oxygens (including phenoxy) is 3. The van der Waals surface area contributed by atoms with Crippen molar-refractivity contribution in [3.05, 3.63) is 28.2 Å². The van der Waals surface area contributed by atoms with Crippen LogP contribution in [0, 0.1) is 5.41 Å². The smallest absolute Gasteiger partial charge is 0.183 e. The van der Waals surface area contributed by atoms with Crippen LogP contribution in [0.2, 0.25) is 10.0 Å². The van der Waals surface area contributed by atoms with Gasteiger partial charge in [-0.2, -0.15) is 0 Å². The number of halogens is 3. The second-order valence-corrected chi connectivity index (χ2v) is 7.48. The molecule has 0 radical (unpaired) electrons. The lowest BCUT2D eigenvalue weighted by Crippen LogP contribution is -2.46. The highest BCUT2D eigenvalue weighted by Crippen LogP contribution is 2.41. The van der Waals surface area contributed by atoms with Crippen molar-refractivity contribution in [1.29, 1.82) is 0 Å². The predicted molar refractivity (Wildman–Crippen MR) is 88.8 cm³/mol. The summed E-state index contributed by atoms with van der Waals surface area (Å²) in [4.78, 5) is 0. The van der Waals surface area contributed by atoms with Crippen LogP contribution in [0.1, 0.15) is 20.8 Å². The van der Waals surface area contributed by atoms with Gasteiger partial charge in [-0.15, -0.1) is 0 Å². The van der Waals surface area contributed by atoms with Crippen LogP contribution in [-0.2, 0) is 9.47 Å². The van der Waals surface area contributed by atoms with Crippen LogP contribution in [0.15, 0.2) is 18.2 Å². The third-order valence-electron chi connectivity index (χ3n) is 3.50. The van der Waals surface area contributed by atoms with E-state index in [1.165, 1.54) is 0 Å². The molecule has 0 N–H and O–H groups in total. The van der Waals surface area contributed by atoms with E-state index in [4.69, 9.17) is 37.4 Å². The third kappa shape index (κ3) is 3.85. The van der Waals surface area contributed by atoms with Gasteiger partial charge in [-0.1, -0.05) is 59.9 Å². The lowest BCUT2D eigenvalue weighted by molar-refractivity contribution is -0.214. The molecule has 1 aliphatic heterocycles. The Hall–Kier alpha value is -0.0000000000000000763. The fourth-order valence-electron chi connectivity index (χ4n) is 2.09. The largest absolute Gasteiger partial charge is 0.489 e. The molecule has 0 saturated carbocycles. The van der Waals surface area contributed by atoms with Crippen molar-refractivity contribution >= 4 is 39.1 Å². The monoisotopic (exact) mass is 396 g/mol. The van der Waals surface area contributed by atoms with Crippen LogP contribution in [0.25, 0.3) is 0 Å². The molecule has 3 nitrogen and oxygen atoms in total. The van der Waals surface area contributed by atoms with Crippen LogP contribution in [-0.4, -0.2) is 30.4 Å². The van der Waals surface area contributed by atoms with Crippen LogP contribution in [0.3, 0.4) is 0 Å². The van der Waals surface area contributed by atoms with Gasteiger partial charge in [0.15, 0.2) is 5.79 Å². The minimum Gasteiger partial charge on any atom is -0.489 e. The zero-order valence-electron chi connectivity index (χ0n) is 12.3. The molecule has 0 aliphatic carbocycles. The van der Waals surface area contributed by atoms with E-state index in [1.54, 1.807) is 18.2 Å². The summed E-state index contributed by atoms with van der Waals surface area (Å²) in [5.74, 6) is -0.0399. The van der Waals surface area contributed by atoms with E-state index in [9.17, 15) is 0 Å². The first kappa shape index (κ1) is 17.4. The quantitative estimate of drug-likeness (QED) is 0.674. The van der Waals surface area contributed by atoms with Gasteiger partial charge in [-0.25, -0.2) is 0 Å². The van der Waals surface area contributed by atoms with Crippen molar-refractivity contribution < 1.29 is 14.2 Å². The third-order valence-corrected chi connectivity index (χ3v) is 4.77. The van der Waals surface area contributed by atoms with Gasteiger partial charge in [0.05, 0.1) is 17.0 Å². The Bertz CT molecular complexity index is 504. The van der Waals surface area contributed by atoms with Crippen molar-refractivity contribution in [3.63, 3.8) is 0 Å². The van der Waals surface area contributed by atoms with E-state index in [0.29, 0.717) is 34.3 Å². The summed E-state index contributed by atoms with van der Waals surface area (Å²) in [6, 6.07) is 5.15. The number of alkyl halides is 1. The normalized spacial score (nSPS) is 26.1. The van der Waals surface area contributed by atoms with Gasteiger partial charge >= 0.3 is 0 Å².